The third-order valence-electron chi connectivity index (χ3n) is 3.09. The molecule has 0 radical (unpaired) electrons. The minimum absolute atomic E-state index is 0.772. The highest BCUT2D eigenvalue weighted by atomic mass is 16.5. The van der Waals surface area contributed by atoms with Gasteiger partial charge in [0.25, 0.3) is 0 Å². The van der Waals surface area contributed by atoms with E-state index in [4.69, 9.17) is 10.5 Å². The Kier molecular flexibility index (Phi) is 3.99. The monoisotopic (exact) mass is 229 g/mol. The molecule has 0 aromatic heterocycles. The Balaban J connectivity index is 2.37. The molecule has 0 amide bonds. The molecule has 0 saturated carbocycles. The number of unbranched alkanes of at least 4 members (excludes halogenated alkanes) is 1. The van der Waals surface area contributed by atoms with E-state index in [2.05, 4.69) is 36.4 Å². The van der Waals surface area contributed by atoms with Crippen molar-refractivity contribution in [3.05, 3.63) is 42.0 Å². The lowest BCUT2D eigenvalue weighted by Crippen LogP contribution is -1.99. The molecular weight excluding hydrogens is 210 g/mol. The van der Waals surface area contributed by atoms with E-state index >= 15 is 0 Å². The Morgan fingerprint density at radius 2 is 1.76 bits per heavy atom. The van der Waals surface area contributed by atoms with Gasteiger partial charge in [0.2, 0.25) is 0 Å². The van der Waals surface area contributed by atoms with Gasteiger partial charge in [-0.15, -0.1) is 0 Å². The van der Waals surface area contributed by atoms with Gasteiger partial charge in [-0.1, -0.05) is 30.3 Å². The van der Waals surface area contributed by atoms with E-state index in [9.17, 15) is 0 Å². The van der Waals surface area contributed by atoms with Crippen LogP contribution in [0.5, 0.6) is 5.75 Å². The maximum Gasteiger partial charge on any atom is 0.126 e. The zero-order valence-corrected chi connectivity index (χ0v) is 10.3. The van der Waals surface area contributed by atoms with Crippen molar-refractivity contribution in [1.29, 1.82) is 0 Å². The first-order valence-electron chi connectivity index (χ1n) is 6.11. The molecule has 2 nitrogen and oxygen atoms in total. The van der Waals surface area contributed by atoms with Crippen LogP contribution in [-0.4, -0.2) is 13.7 Å². The van der Waals surface area contributed by atoms with Crippen LogP contribution in [0.25, 0.3) is 10.8 Å². The number of fused-ring (bicyclic) bond motifs is 1. The molecule has 2 rings (SSSR count). The van der Waals surface area contributed by atoms with E-state index < -0.39 is 0 Å². The molecule has 2 N–H and O–H groups in total. The smallest absolute Gasteiger partial charge is 0.126 e. The van der Waals surface area contributed by atoms with E-state index in [0.717, 1.165) is 31.6 Å². The first-order chi connectivity index (χ1) is 8.36. The van der Waals surface area contributed by atoms with Crippen molar-refractivity contribution < 1.29 is 4.74 Å². The number of hydrogen-bond acceptors (Lipinski definition) is 2. The van der Waals surface area contributed by atoms with Crippen LogP contribution >= 0.6 is 0 Å². The molecule has 90 valence electrons. The molecule has 0 unspecified atom stereocenters. The second kappa shape index (κ2) is 5.69. The molecule has 2 aromatic carbocycles. The van der Waals surface area contributed by atoms with Gasteiger partial charge in [0, 0.05) is 5.39 Å². The van der Waals surface area contributed by atoms with Crippen molar-refractivity contribution in [2.45, 2.75) is 19.3 Å². The lowest BCUT2D eigenvalue weighted by Gasteiger charge is -2.10. The zero-order valence-electron chi connectivity index (χ0n) is 10.3. The summed E-state index contributed by atoms with van der Waals surface area (Å²) in [6.07, 6.45) is 3.31. The maximum atomic E-state index is 5.53. The van der Waals surface area contributed by atoms with E-state index in [-0.39, 0.29) is 0 Å². The van der Waals surface area contributed by atoms with Crippen LogP contribution in [-0.2, 0) is 6.42 Å². The SMILES string of the molecule is COc1ccc(CCCCN)c2ccccc12. The minimum Gasteiger partial charge on any atom is -0.496 e. The Morgan fingerprint density at radius 3 is 2.47 bits per heavy atom. The third-order valence-corrected chi connectivity index (χ3v) is 3.09. The fraction of sp³-hybridized carbons (Fsp3) is 0.333. The number of hydrogen-bond donors (Lipinski definition) is 1. The van der Waals surface area contributed by atoms with Gasteiger partial charge in [0.1, 0.15) is 5.75 Å². The second-order valence-electron chi connectivity index (χ2n) is 4.22. The first kappa shape index (κ1) is 11.9. The Morgan fingerprint density at radius 1 is 1.00 bits per heavy atom. The van der Waals surface area contributed by atoms with Gasteiger partial charge < -0.3 is 10.5 Å². The lowest BCUT2D eigenvalue weighted by molar-refractivity contribution is 0.419. The first-order valence-corrected chi connectivity index (χ1v) is 6.11. The van der Waals surface area contributed by atoms with Gasteiger partial charge in [-0.2, -0.15) is 0 Å². The predicted octanol–water partition coefficient (Wildman–Crippen LogP) is 3.13. The van der Waals surface area contributed by atoms with Crippen LogP contribution in [0.1, 0.15) is 18.4 Å². The summed E-state index contributed by atoms with van der Waals surface area (Å²) < 4.78 is 5.39. The summed E-state index contributed by atoms with van der Waals surface area (Å²) in [5, 5.41) is 2.49. The Hall–Kier alpha value is -1.54. The molecule has 0 heterocycles. The minimum atomic E-state index is 0.772. The maximum absolute atomic E-state index is 5.53. The van der Waals surface area contributed by atoms with Gasteiger partial charge >= 0.3 is 0 Å². The zero-order chi connectivity index (χ0) is 12.1. The van der Waals surface area contributed by atoms with Crippen LogP contribution in [0.3, 0.4) is 0 Å². The van der Waals surface area contributed by atoms with Crippen LogP contribution in [0.2, 0.25) is 0 Å². The summed E-state index contributed by atoms with van der Waals surface area (Å²) in [4.78, 5) is 0. The quantitative estimate of drug-likeness (QED) is 0.799. The molecule has 2 aromatic rings. The lowest BCUT2D eigenvalue weighted by atomic mass is 9.99. The molecule has 0 atom stereocenters. The molecule has 0 spiro atoms. The Bertz CT molecular complexity index is 493. The van der Waals surface area contributed by atoms with Crippen molar-refractivity contribution in [2.75, 3.05) is 13.7 Å². The van der Waals surface area contributed by atoms with Gasteiger partial charge in [0.05, 0.1) is 7.11 Å². The summed E-state index contributed by atoms with van der Waals surface area (Å²) in [6.45, 7) is 0.772. The summed E-state index contributed by atoms with van der Waals surface area (Å²) >= 11 is 0. The van der Waals surface area contributed by atoms with Crippen molar-refractivity contribution in [2.24, 2.45) is 5.73 Å². The predicted molar refractivity (Wildman–Crippen MR) is 72.5 cm³/mol. The van der Waals surface area contributed by atoms with E-state index in [1.807, 2.05) is 0 Å². The summed E-state index contributed by atoms with van der Waals surface area (Å²) in [5.74, 6) is 0.947. The number of ether oxygens (including phenoxy) is 1. The van der Waals surface area contributed by atoms with Crippen molar-refractivity contribution in [1.82, 2.24) is 0 Å². The number of methoxy groups -OCH3 is 1. The van der Waals surface area contributed by atoms with E-state index in [0.29, 0.717) is 0 Å². The summed E-state index contributed by atoms with van der Waals surface area (Å²) in [5.41, 5.74) is 6.92. The molecule has 0 bridgehead atoms. The van der Waals surface area contributed by atoms with Crippen LogP contribution in [0, 0.1) is 0 Å². The molecule has 2 heteroatoms. The summed E-state index contributed by atoms with van der Waals surface area (Å²) in [6, 6.07) is 12.6. The number of benzene rings is 2. The second-order valence-corrected chi connectivity index (χ2v) is 4.22. The van der Waals surface area contributed by atoms with Gasteiger partial charge in [-0.3, -0.25) is 0 Å². The van der Waals surface area contributed by atoms with Crippen LogP contribution in [0.15, 0.2) is 36.4 Å². The average Bonchev–Trinajstić information content (AvgIpc) is 2.39. The molecule has 0 aliphatic carbocycles. The number of nitrogens with two attached hydrogens (primary N) is 1. The fourth-order valence-corrected chi connectivity index (χ4v) is 2.19. The molecule has 0 aliphatic heterocycles. The normalized spacial score (nSPS) is 10.7. The average molecular weight is 229 g/mol. The standard InChI is InChI=1S/C15H19NO/c1-17-15-10-9-12(6-4-5-11-16)13-7-2-3-8-14(13)15/h2-3,7-10H,4-6,11,16H2,1H3. The van der Waals surface area contributed by atoms with Crippen molar-refractivity contribution >= 4 is 10.8 Å². The van der Waals surface area contributed by atoms with E-state index in [1.165, 1.54) is 16.3 Å². The highest BCUT2D eigenvalue weighted by Gasteiger charge is 2.05. The summed E-state index contributed by atoms with van der Waals surface area (Å²) in [7, 11) is 1.72. The highest BCUT2D eigenvalue weighted by Crippen LogP contribution is 2.28. The van der Waals surface area contributed by atoms with E-state index in [1.54, 1.807) is 7.11 Å². The molecule has 0 fully saturated rings. The third kappa shape index (κ3) is 2.59. The molecule has 17 heavy (non-hydrogen) atoms. The van der Waals surface area contributed by atoms with Gasteiger partial charge in [-0.25, -0.2) is 0 Å². The number of rotatable bonds is 5. The number of aryl methyl sites for hydroxylation is 1. The fourth-order valence-electron chi connectivity index (χ4n) is 2.19. The molecular formula is C15H19NO. The molecule has 0 saturated heterocycles. The topological polar surface area (TPSA) is 35.2 Å². The van der Waals surface area contributed by atoms with Crippen molar-refractivity contribution in [3.63, 3.8) is 0 Å². The van der Waals surface area contributed by atoms with Crippen LogP contribution < -0.4 is 10.5 Å². The van der Waals surface area contributed by atoms with Crippen molar-refractivity contribution in [3.8, 4) is 5.75 Å². The van der Waals surface area contributed by atoms with Gasteiger partial charge in [-0.05, 0) is 42.8 Å². The van der Waals surface area contributed by atoms with Gasteiger partial charge in [0.15, 0.2) is 0 Å². The van der Waals surface area contributed by atoms with Crippen LogP contribution in [0.4, 0.5) is 0 Å². The Labute approximate surface area is 102 Å². The largest absolute Gasteiger partial charge is 0.496 e. The highest BCUT2D eigenvalue weighted by molar-refractivity contribution is 5.91. The molecule has 0 aliphatic rings.